The molecule has 1 unspecified atom stereocenters. The first-order valence-electron chi connectivity index (χ1n) is 7.47. The minimum atomic E-state index is -0.667. The molecule has 1 N–H and O–H groups in total. The molecule has 6 heteroatoms. The van der Waals surface area contributed by atoms with Crippen LogP contribution in [0.4, 0.5) is 0 Å². The summed E-state index contributed by atoms with van der Waals surface area (Å²) in [6, 6.07) is 15.9. The topological polar surface area (TPSA) is 85.5 Å². The van der Waals surface area contributed by atoms with Crippen LogP contribution in [0, 0.1) is 0 Å². The predicted molar refractivity (Wildman–Crippen MR) is 85.9 cm³/mol. The number of aromatic nitrogens is 2. The number of ether oxygens (including phenoxy) is 1. The summed E-state index contributed by atoms with van der Waals surface area (Å²) in [5.74, 6) is 0.112. The summed E-state index contributed by atoms with van der Waals surface area (Å²) in [5.41, 5.74) is 1.92. The van der Waals surface area contributed by atoms with Crippen molar-refractivity contribution >= 4 is 5.97 Å². The van der Waals surface area contributed by atoms with Crippen molar-refractivity contribution in [1.82, 2.24) is 10.2 Å². The fourth-order valence-electron chi connectivity index (χ4n) is 2.12. The highest BCUT2D eigenvalue weighted by Crippen LogP contribution is 2.22. The third-order valence-electron chi connectivity index (χ3n) is 3.47. The van der Waals surface area contributed by atoms with Crippen LogP contribution in [-0.4, -0.2) is 21.3 Å². The average molecular weight is 324 g/mol. The zero-order valence-electron chi connectivity index (χ0n) is 13.0. The predicted octanol–water partition coefficient (Wildman–Crippen LogP) is 3.15. The fraction of sp³-hybridized carbons (Fsp3) is 0.167. The Morgan fingerprint density at radius 3 is 2.50 bits per heavy atom. The summed E-state index contributed by atoms with van der Waals surface area (Å²) in [7, 11) is 0. The van der Waals surface area contributed by atoms with E-state index in [1.807, 2.05) is 30.3 Å². The molecule has 2 aromatic carbocycles. The van der Waals surface area contributed by atoms with Gasteiger partial charge in [-0.05, 0) is 36.8 Å². The van der Waals surface area contributed by atoms with Gasteiger partial charge in [0.05, 0.1) is 12.2 Å². The van der Waals surface area contributed by atoms with E-state index in [1.165, 1.54) is 0 Å². The van der Waals surface area contributed by atoms with Gasteiger partial charge in [0.1, 0.15) is 0 Å². The van der Waals surface area contributed by atoms with Gasteiger partial charge in [-0.3, -0.25) is 0 Å². The van der Waals surface area contributed by atoms with Crippen molar-refractivity contribution in [2.75, 3.05) is 0 Å². The maximum atomic E-state index is 12.1. The normalized spacial score (nSPS) is 11.9. The van der Waals surface area contributed by atoms with E-state index in [1.54, 1.807) is 31.2 Å². The molecule has 122 valence electrons. The van der Waals surface area contributed by atoms with E-state index in [9.17, 15) is 4.79 Å². The number of benzene rings is 2. The molecule has 0 bridgehead atoms. The molecule has 0 aliphatic rings. The van der Waals surface area contributed by atoms with E-state index in [4.69, 9.17) is 14.3 Å². The van der Waals surface area contributed by atoms with Gasteiger partial charge >= 0.3 is 5.97 Å². The first-order valence-corrected chi connectivity index (χ1v) is 7.47. The smallest absolute Gasteiger partial charge is 0.338 e. The highest BCUT2D eigenvalue weighted by Gasteiger charge is 2.19. The van der Waals surface area contributed by atoms with Crippen molar-refractivity contribution in [3.05, 3.63) is 71.6 Å². The molecule has 3 aromatic rings. The molecule has 0 aliphatic carbocycles. The van der Waals surface area contributed by atoms with Gasteiger partial charge in [0.2, 0.25) is 5.89 Å². The number of hydrogen-bond donors (Lipinski definition) is 1. The van der Waals surface area contributed by atoms with Crippen LogP contribution in [0.3, 0.4) is 0 Å². The third-order valence-corrected chi connectivity index (χ3v) is 3.47. The van der Waals surface area contributed by atoms with Gasteiger partial charge in [0.15, 0.2) is 6.10 Å². The maximum absolute atomic E-state index is 12.1. The third kappa shape index (κ3) is 3.49. The number of aliphatic hydroxyl groups excluding tert-OH is 1. The second-order valence-electron chi connectivity index (χ2n) is 5.21. The summed E-state index contributed by atoms with van der Waals surface area (Å²) < 4.78 is 10.9. The zero-order valence-corrected chi connectivity index (χ0v) is 13.0. The number of carbonyl (C=O) groups is 1. The van der Waals surface area contributed by atoms with E-state index in [2.05, 4.69) is 10.2 Å². The number of esters is 1. The minimum Gasteiger partial charge on any atom is -0.449 e. The Morgan fingerprint density at radius 2 is 1.83 bits per heavy atom. The maximum Gasteiger partial charge on any atom is 0.338 e. The van der Waals surface area contributed by atoms with Crippen LogP contribution in [0.2, 0.25) is 0 Å². The minimum absolute atomic E-state index is 0.0734. The van der Waals surface area contributed by atoms with Crippen molar-refractivity contribution in [2.45, 2.75) is 19.6 Å². The van der Waals surface area contributed by atoms with Crippen LogP contribution in [0.25, 0.3) is 11.5 Å². The van der Waals surface area contributed by atoms with Gasteiger partial charge in [0, 0.05) is 5.56 Å². The Balaban J connectivity index is 1.69. The summed E-state index contributed by atoms with van der Waals surface area (Å²) in [6.07, 6.45) is -0.667. The molecule has 0 amide bonds. The number of aliphatic hydroxyl groups is 1. The summed E-state index contributed by atoms with van der Waals surface area (Å²) >= 11 is 0. The van der Waals surface area contributed by atoms with Crippen LogP contribution in [0.1, 0.15) is 34.8 Å². The zero-order chi connectivity index (χ0) is 16.9. The molecule has 24 heavy (non-hydrogen) atoms. The Kier molecular flexibility index (Phi) is 4.67. The van der Waals surface area contributed by atoms with Crippen molar-refractivity contribution in [1.29, 1.82) is 0 Å². The molecule has 6 nitrogen and oxygen atoms in total. The molecule has 0 radical (unpaired) electrons. The van der Waals surface area contributed by atoms with Crippen LogP contribution in [0.5, 0.6) is 0 Å². The monoisotopic (exact) mass is 324 g/mol. The van der Waals surface area contributed by atoms with Crippen LogP contribution in [-0.2, 0) is 11.3 Å². The molecule has 0 fully saturated rings. The molecular weight excluding hydrogens is 308 g/mol. The van der Waals surface area contributed by atoms with Crippen molar-refractivity contribution in [3.63, 3.8) is 0 Å². The summed E-state index contributed by atoms with van der Waals surface area (Å²) in [5, 5.41) is 16.9. The lowest BCUT2D eigenvalue weighted by Crippen LogP contribution is -2.09. The molecule has 0 spiro atoms. The molecule has 3 rings (SSSR count). The largest absolute Gasteiger partial charge is 0.449 e. The fourth-order valence-corrected chi connectivity index (χ4v) is 2.12. The van der Waals surface area contributed by atoms with Crippen molar-refractivity contribution in [2.24, 2.45) is 0 Å². The van der Waals surface area contributed by atoms with Gasteiger partial charge < -0.3 is 14.3 Å². The SMILES string of the molecule is CC(OC(=O)c1ccc(CO)cc1)c1nnc(-c2ccccc2)o1. The van der Waals surface area contributed by atoms with Gasteiger partial charge in [-0.1, -0.05) is 30.3 Å². The van der Waals surface area contributed by atoms with E-state index in [0.29, 0.717) is 11.5 Å². The van der Waals surface area contributed by atoms with Crippen LogP contribution < -0.4 is 0 Å². The lowest BCUT2D eigenvalue weighted by Gasteiger charge is -2.09. The quantitative estimate of drug-likeness (QED) is 0.726. The van der Waals surface area contributed by atoms with E-state index >= 15 is 0 Å². The van der Waals surface area contributed by atoms with Crippen molar-refractivity contribution in [3.8, 4) is 11.5 Å². The summed E-state index contributed by atoms with van der Waals surface area (Å²) in [4.78, 5) is 12.1. The van der Waals surface area contributed by atoms with Gasteiger partial charge in [-0.25, -0.2) is 4.79 Å². The van der Waals surface area contributed by atoms with Crippen LogP contribution in [0.15, 0.2) is 59.0 Å². The number of carbonyl (C=O) groups excluding carboxylic acids is 1. The number of hydrogen-bond acceptors (Lipinski definition) is 6. The van der Waals surface area contributed by atoms with Gasteiger partial charge in [0.25, 0.3) is 5.89 Å². The second kappa shape index (κ2) is 7.06. The van der Waals surface area contributed by atoms with E-state index in [-0.39, 0.29) is 12.5 Å². The molecular formula is C18H16N2O4. The first kappa shape index (κ1) is 15.9. The number of rotatable bonds is 5. The second-order valence-corrected chi connectivity index (χ2v) is 5.21. The lowest BCUT2D eigenvalue weighted by atomic mass is 10.1. The number of nitrogens with zero attached hydrogens (tertiary/aromatic N) is 2. The van der Waals surface area contributed by atoms with Crippen LogP contribution >= 0.6 is 0 Å². The molecule has 0 saturated carbocycles. The Bertz CT molecular complexity index is 813. The molecule has 0 aliphatic heterocycles. The first-order chi connectivity index (χ1) is 11.7. The highest BCUT2D eigenvalue weighted by molar-refractivity contribution is 5.89. The Labute approximate surface area is 138 Å². The van der Waals surface area contributed by atoms with Crippen molar-refractivity contribution < 1.29 is 19.1 Å². The Hall–Kier alpha value is -2.99. The van der Waals surface area contributed by atoms with Gasteiger partial charge in [-0.15, -0.1) is 10.2 Å². The average Bonchev–Trinajstić information content (AvgIpc) is 3.13. The highest BCUT2D eigenvalue weighted by atomic mass is 16.6. The summed E-state index contributed by atoms with van der Waals surface area (Å²) in [6.45, 7) is 1.60. The molecule has 1 heterocycles. The standard InChI is InChI=1S/C18H16N2O4/c1-12(23-18(22)15-9-7-13(11-21)8-10-15)16-19-20-17(24-16)14-5-3-2-4-6-14/h2-10,12,21H,11H2,1H3. The van der Waals surface area contributed by atoms with E-state index in [0.717, 1.165) is 11.1 Å². The lowest BCUT2D eigenvalue weighted by molar-refractivity contribution is 0.0280. The molecule has 1 aromatic heterocycles. The van der Waals surface area contributed by atoms with Gasteiger partial charge in [-0.2, -0.15) is 0 Å². The molecule has 1 atom stereocenters. The van der Waals surface area contributed by atoms with E-state index < -0.39 is 12.1 Å². The Morgan fingerprint density at radius 1 is 1.12 bits per heavy atom. The molecule has 0 saturated heterocycles.